The lowest BCUT2D eigenvalue weighted by atomic mass is 10.1. The van der Waals surface area contributed by atoms with Gasteiger partial charge in [0.25, 0.3) is 0 Å². The van der Waals surface area contributed by atoms with Gasteiger partial charge in [-0.2, -0.15) is 0 Å². The van der Waals surface area contributed by atoms with Gasteiger partial charge in [0.05, 0.1) is 6.04 Å². The van der Waals surface area contributed by atoms with Crippen molar-refractivity contribution in [3.05, 3.63) is 0 Å². The van der Waals surface area contributed by atoms with E-state index in [1.54, 1.807) is 0 Å². The predicted molar refractivity (Wildman–Crippen MR) is 121 cm³/mol. The Morgan fingerprint density at radius 2 is 1.93 bits per heavy atom. The average molecular weight is 495 g/mol. The zero-order chi connectivity index (χ0) is 19.2. The van der Waals surface area contributed by atoms with Crippen LogP contribution in [0.3, 0.4) is 0 Å². The Kier molecular flexibility index (Phi) is 10.1. The highest BCUT2D eigenvalue weighted by Crippen LogP contribution is 2.17. The van der Waals surface area contributed by atoms with E-state index in [-0.39, 0.29) is 36.1 Å². The number of hydrogen-bond acceptors (Lipinski definition) is 4. The van der Waals surface area contributed by atoms with E-state index in [9.17, 15) is 4.79 Å². The molecule has 8 heteroatoms. The minimum absolute atomic E-state index is 0. The highest BCUT2D eigenvalue weighted by atomic mass is 127. The van der Waals surface area contributed by atoms with Crippen molar-refractivity contribution >= 4 is 36.0 Å². The molecular formula is C19H38IN5O2. The van der Waals surface area contributed by atoms with Crippen LogP contribution in [0.4, 0.5) is 4.79 Å². The van der Waals surface area contributed by atoms with Crippen LogP contribution in [0.1, 0.15) is 47.5 Å². The minimum atomic E-state index is -0.466. The molecule has 0 aromatic carbocycles. The number of halogens is 1. The monoisotopic (exact) mass is 495 g/mol. The van der Waals surface area contributed by atoms with Crippen LogP contribution in [0.25, 0.3) is 0 Å². The highest BCUT2D eigenvalue weighted by molar-refractivity contribution is 14.0. The second kappa shape index (κ2) is 11.3. The van der Waals surface area contributed by atoms with Gasteiger partial charge in [0.2, 0.25) is 0 Å². The lowest BCUT2D eigenvalue weighted by Gasteiger charge is -2.23. The summed E-state index contributed by atoms with van der Waals surface area (Å²) in [5.74, 6) is 1.62. The largest absolute Gasteiger partial charge is 0.444 e. The van der Waals surface area contributed by atoms with E-state index in [0.29, 0.717) is 5.92 Å². The van der Waals surface area contributed by atoms with Crippen molar-refractivity contribution in [2.45, 2.75) is 59.1 Å². The first-order chi connectivity index (χ1) is 12.3. The number of carbonyl (C=O) groups is 1. The molecule has 2 aliphatic rings. The molecule has 0 saturated carbocycles. The average Bonchev–Trinajstić information content (AvgIpc) is 3.18. The molecular weight excluding hydrogens is 457 g/mol. The Balaban J connectivity index is 0.00000364. The summed E-state index contributed by atoms with van der Waals surface area (Å²) >= 11 is 0. The number of carbonyl (C=O) groups excluding carboxylic acids is 1. The lowest BCUT2D eigenvalue weighted by molar-refractivity contribution is 0.0507. The molecule has 2 unspecified atom stereocenters. The van der Waals surface area contributed by atoms with Crippen LogP contribution in [-0.4, -0.2) is 79.3 Å². The number of ether oxygens (including phenoxy) is 1. The summed E-state index contributed by atoms with van der Waals surface area (Å²) < 4.78 is 5.36. The van der Waals surface area contributed by atoms with Crippen molar-refractivity contribution < 1.29 is 9.53 Å². The van der Waals surface area contributed by atoms with Crippen LogP contribution in [0.15, 0.2) is 4.99 Å². The summed E-state index contributed by atoms with van der Waals surface area (Å²) in [4.78, 5) is 21.6. The zero-order valence-electron chi connectivity index (χ0n) is 17.6. The van der Waals surface area contributed by atoms with Gasteiger partial charge in [0.15, 0.2) is 5.96 Å². The standard InChI is InChI=1S/C19H37N5O2.HI/c1-6-20-17(21-12-15-8-10-23(7-2)13-15)24-11-9-16(14-24)22-18(25)26-19(3,4)5;/h15-16H,6-14H2,1-5H3,(H,20,21)(H,22,25);1H. The number of alkyl carbamates (subject to hydrolysis) is 1. The molecule has 27 heavy (non-hydrogen) atoms. The van der Waals surface area contributed by atoms with Gasteiger partial charge in [-0.15, -0.1) is 24.0 Å². The number of rotatable bonds is 5. The second-order valence-electron chi connectivity index (χ2n) is 8.32. The van der Waals surface area contributed by atoms with E-state index in [4.69, 9.17) is 9.73 Å². The third-order valence-corrected chi connectivity index (χ3v) is 4.86. The molecule has 2 saturated heterocycles. The molecule has 0 aliphatic carbocycles. The Bertz CT molecular complexity index is 495. The minimum Gasteiger partial charge on any atom is -0.444 e. The van der Waals surface area contributed by atoms with Crippen LogP contribution in [-0.2, 0) is 4.74 Å². The maximum atomic E-state index is 12.0. The maximum absolute atomic E-state index is 12.0. The smallest absolute Gasteiger partial charge is 0.407 e. The maximum Gasteiger partial charge on any atom is 0.407 e. The molecule has 0 bridgehead atoms. The molecule has 2 N–H and O–H groups in total. The summed E-state index contributed by atoms with van der Waals surface area (Å²) in [7, 11) is 0. The van der Waals surface area contributed by atoms with E-state index in [1.165, 1.54) is 13.0 Å². The molecule has 2 heterocycles. The first-order valence-corrected chi connectivity index (χ1v) is 10.1. The van der Waals surface area contributed by atoms with Crippen molar-refractivity contribution in [1.29, 1.82) is 0 Å². The Labute approximate surface area is 181 Å². The number of hydrogen-bond donors (Lipinski definition) is 2. The third-order valence-electron chi connectivity index (χ3n) is 4.86. The molecule has 2 atom stereocenters. The van der Waals surface area contributed by atoms with Crippen molar-refractivity contribution in [3.63, 3.8) is 0 Å². The van der Waals surface area contributed by atoms with Crippen LogP contribution in [0, 0.1) is 5.92 Å². The summed E-state index contributed by atoms with van der Waals surface area (Å²) in [6.45, 7) is 16.8. The first-order valence-electron chi connectivity index (χ1n) is 10.1. The van der Waals surface area contributed by atoms with E-state index >= 15 is 0 Å². The van der Waals surface area contributed by atoms with Crippen molar-refractivity contribution in [2.24, 2.45) is 10.9 Å². The normalized spacial score (nSPS) is 23.9. The summed E-state index contributed by atoms with van der Waals surface area (Å²) in [5.41, 5.74) is -0.466. The fourth-order valence-electron chi connectivity index (χ4n) is 3.54. The third kappa shape index (κ3) is 8.41. The van der Waals surface area contributed by atoms with Gasteiger partial charge in [-0.1, -0.05) is 6.92 Å². The number of nitrogens with one attached hydrogen (secondary N) is 2. The quantitative estimate of drug-likeness (QED) is 0.349. The Morgan fingerprint density at radius 3 is 2.52 bits per heavy atom. The van der Waals surface area contributed by atoms with E-state index in [2.05, 4.69) is 34.3 Å². The van der Waals surface area contributed by atoms with Crippen molar-refractivity contribution in [1.82, 2.24) is 20.4 Å². The molecule has 0 aromatic rings. The Hall–Kier alpha value is -0.770. The topological polar surface area (TPSA) is 69.2 Å². The van der Waals surface area contributed by atoms with Gasteiger partial charge in [0, 0.05) is 32.7 Å². The second-order valence-corrected chi connectivity index (χ2v) is 8.32. The zero-order valence-corrected chi connectivity index (χ0v) is 19.9. The van der Waals surface area contributed by atoms with E-state index in [1.807, 2.05) is 20.8 Å². The fraction of sp³-hybridized carbons (Fsp3) is 0.895. The van der Waals surface area contributed by atoms with E-state index in [0.717, 1.165) is 51.6 Å². The van der Waals surface area contributed by atoms with Crippen molar-refractivity contribution in [2.75, 3.05) is 45.8 Å². The molecule has 7 nitrogen and oxygen atoms in total. The SMILES string of the molecule is CCNC(=NCC1CCN(CC)C1)N1CCC(NC(=O)OC(C)(C)C)C1.I. The molecule has 2 fully saturated rings. The molecule has 1 amide bonds. The summed E-state index contributed by atoms with van der Waals surface area (Å²) in [5, 5.41) is 6.38. The van der Waals surface area contributed by atoms with Gasteiger partial charge in [-0.3, -0.25) is 4.99 Å². The highest BCUT2D eigenvalue weighted by Gasteiger charge is 2.28. The number of nitrogens with zero attached hydrogens (tertiary/aromatic N) is 3. The molecule has 0 spiro atoms. The number of amides is 1. The van der Waals surface area contributed by atoms with Gasteiger partial charge in [-0.25, -0.2) is 4.79 Å². The molecule has 158 valence electrons. The van der Waals surface area contributed by atoms with Gasteiger partial charge >= 0.3 is 6.09 Å². The van der Waals surface area contributed by atoms with Crippen molar-refractivity contribution in [3.8, 4) is 0 Å². The van der Waals surface area contributed by atoms with Crippen LogP contribution >= 0.6 is 24.0 Å². The van der Waals surface area contributed by atoms with Crippen LogP contribution in [0.2, 0.25) is 0 Å². The summed E-state index contributed by atoms with van der Waals surface area (Å²) in [6, 6.07) is 0.107. The molecule has 2 aliphatic heterocycles. The van der Waals surface area contributed by atoms with Gasteiger partial charge < -0.3 is 25.2 Å². The van der Waals surface area contributed by atoms with Crippen LogP contribution < -0.4 is 10.6 Å². The predicted octanol–water partition coefficient (Wildman–Crippen LogP) is 2.51. The van der Waals surface area contributed by atoms with Gasteiger partial charge in [-0.05, 0) is 59.5 Å². The Morgan fingerprint density at radius 1 is 1.19 bits per heavy atom. The number of aliphatic imine (C=N–C) groups is 1. The lowest BCUT2D eigenvalue weighted by Crippen LogP contribution is -2.44. The molecule has 0 aromatic heterocycles. The van der Waals surface area contributed by atoms with Crippen LogP contribution in [0.5, 0.6) is 0 Å². The van der Waals surface area contributed by atoms with E-state index < -0.39 is 5.60 Å². The molecule has 0 radical (unpaired) electrons. The summed E-state index contributed by atoms with van der Waals surface area (Å²) in [6.07, 6.45) is 1.81. The number of guanidine groups is 1. The van der Waals surface area contributed by atoms with Gasteiger partial charge in [0.1, 0.15) is 5.60 Å². The number of likely N-dealkylation sites (tertiary alicyclic amines) is 2. The molecule has 2 rings (SSSR count). The first kappa shape index (κ1) is 24.3. The fourth-order valence-corrected chi connectivity index (χ4v) is 3.54.